The van der Waals surface area contributed by atoms with Crippen LogP contribution < -0.4 is 10.5 Å². The van der Waals surface area contributed by atoms with Crippen molar-refractivity contribution in [2.75, 3.05) is 7.11 Å². The van der Waals surface area contributed by atoms with Crippen LogP contribution in [0, 0.1) is 6.92 Å². The highest BCUT2D eigenvalue weighted by molar-refractivity contribution is 5.48. The maximum atomic E-state index is 6.94. The minimum atomic E-state index is -0.385. The Balaban J connectivity index is 2.15. The Morgan fingerprint density at radius 2 is 1.86 bits per heavy atom. The second kappa shape index (κ2) is 5.53. The van der Waals surface area contributed by atoms with Crippen LogP contribution in [0.25, 0.3) is 0 Å². The van der Waals surface area contributed by atoms with E-state index in [0.717, 1.165) is 25.0 Å². The van der Waals surface area contributed by atoms with Crippen LogP contribution >= 0.6 is 0 Å². The average Bonchev–Trinajstić information content (AvgIpc) is 2.67. The van der Waals surface area contributed by atoms with Crippen LogP contribution in [-0.2, 0) is 12.0 Å². The number of aryl methyl sites for hydroxylation is 2. The van der Waals surface area contributed by atoms with Gasteiger partial charge in [-0.25, -0.2) is 0 Å². The Bertz CT molecular complexity index is 650. The minimum Gasteiger partial charge on any atom is -0.497 e. The van der Waals surface area contributed by atoms with Gasteiger partial charge in [-0.05, 0) is 60.6 Å². The van der Waals surface area contributed by atoms with Crippen molar-refractivity contribution in [2.24, 2.45) is 5.73 Å². The lowest BCUT2D eigenvalue weighted by Gasteiger charge is -2.32. The van der Waals surface area contributed by atoms with E-state index in [1.54, 1.807) is 7.11 Å². The number of nitrogens with two attached hydrogens (primary N) is 1. The summed E-state index contributed by atoms with van der Waals surface area (Å²) in [5.74, 6) is 0.891. The minimum absolute atomic E-state index is 0.385. The van der Waals surface area contributed by atoms with Gasteiger partial charge in [0.1, 0.15) is 5.75 Å². The summed E-state index contributed by atoms with van der Waals surface area (Å²) in [5.41, 5.74) is 11.7. The van der Waals surface area contributed by atoms with Crippen LogP contribution in [0.15, 0.2) is 42.5 Å². The Morgan fingerprint density at radius 3 is 2.62 bits per heavy atom. The molecule has 110 valence electrons. The fourth-order valence-electron chi connectivity index (χ4n) is 3.57. The summed E-state index contributed by atoms with van der Waals surface area (Å²) in [6.45, 7) is 2.12. The first-order chi connectivity index (χ1) is 10.1. The molecule has 1 aliphatic carbocycles. The van der Waals surface area contributed by atoms with E-state index in [4.69, 9.17) is 10.5 Å². The number of ether oxygens (including phenoxy) is 1. The van der Waals surface area contributed by atoms with Gasteiger partial charge in [0.15, 0.2) is 0 Å². The van der Waals surface area contributed by atoms with Crippen molar-refractivity contribution in [2.45, 2.75) is 38.1 Å². The van der Waals surface area contributed by atoms with E-state index in [1.165, 1.54) is 28.7 Å². The SMILES string of the molecule is COc1ccc(C2(N)CCCCc3ccccc32)c(C)c1. The fourth-order valence-corrected chi connectivity index (χ4v) is 3.57. The highest BCUT2D eigenvalue weighted by Crippen LogP contribution is 2.39. The average molecular weight is 281 g/mol. The lowest BCUT2D eigenvalue weighted by molar-refractivity contribution is 0.413. The van der Waals surface area contributed by atoms with E-state index in [9.17, 15) is 0 Å². The van der Waals surface area contributed by atoms with E-state index in [2.05, 4.69) is 43.3 Å². The molecule has 0 spiro atoms. The van der Waals surface area contributed by atoms with Crippen molar-refractivity contribution in [3.63, 3.8) is 0 Å². The molecule has 2 heteroatoms. The Hall–Kier alpha value is -1.80. The molecule has 0 heterocycles. The highest BCUT2D eigenvalue weighted by Gasteiger charge is 2.34. The van der Waals surface area contributed by atoms with Crippen LogP contribution in [0.2, 0.25) is 0 Å². The molecule has 3 rings (SSSR count). The molecule has 0 fully saturated rings. The van der Waals surface area contributed by atoms with Gasteiger partial charge < -0.3 is 10.5 Å². The zero-order valence-corrected chi connectivity index (χ0v) is 12.9. The smallest absolute Gasteiger partial charge is 0.119 e. The summed E-state index contributed by atoms with van der Waals surface area (Å²) < 4.78 is 5.32. The monoisotopic (exact) mass is 281 g/mol. The molecule has 1 unspecified atom stereocenters. The maximum Gasteiger partial charge on any atom is 0.119 e. The van der Waals surface area contributed by atoms with Crippen LogP contribution in [0.3, 0.4) is 0 Å². The molecule has 0 radical (unpaired) electrons. The first-order valence-corrected chi connectivity index (χ1v) is 7.67. The van der Waals surface area contributed by atoms with Gasteiger partial charge in [0, 0.05) is 0 Å². The number of hydrogen-bond acceptors (Lipinski definition) is 2. The second-order valence-electron chi connectivity index (χ2n) is 6.02. The quantitative estimate of drug-likeness (QED) is 0.846. The predicted octanol–water partition coefficient (Wildman–Crippen LogP) is 3.93. The zero-order valence-electron chi connectivity index (χ0n) is 12.9. The van der Waals surface area contributed by atoms with Gasteiger partial charge in [0.2, 0.25) is 0 Å². The lowest BCUT2D eigenvalue weighted by atomic mass is 9.77. The topological polar surface area (TPSA) is 35.2 Å². The number of hydrogen-bond donors (Lipinski definition) is 1. The summed E-state index contributed by atoms with van der Waals surface area (Å²) in [6, 6.07) is 14.9. The number of rotatable bonds is 2. The molecule has 2 aromatic carbocycles. The predicted molar refractivity (Wildman–Crippen MR) is 86.7 cm³/mol. The van der Waals surface area contributed by atoms with Gasteiger partial charge in [-0.3, -0.25) is 0 Å². The first kappa shape index (κ1) is 14.2. The molecule has 0 amide bonds. The van der Waals surface area contributed by atoms with E-state index in [0.29, 0.717) is 0 Å². The molecular weight excluding hydrogens is 258 g/mol. The van der Waals surface area contributed by atoms with Crippen molar-refractivity contribution in [1.82, 2.24) is 0 Å². The van der Waals surface area contributed by atoms with Crippen molar-refractivity contribution in [1.29, 1.82) is 0 Å². The third kappa shape index (κ3) is 2.44. The number of methoxy groups -OCH3 is 1. The Morgan fingerprint density at radius 1 is 1.05 bits per heavy atom. The second-order valence-corrected chi connectivity index (χ2v) is 6.02. The van der Waals surface area contributed by atoms with Crippen LogP contribution in [0.4, 0.5) is 0 Å². The molecular formula is C19H23NO. The summed E-state index contributed by atoms with van der Waals surface area (Å²) in [7, 11) is 1.70. The third-order valence-electron chi connectivity index (χ3n) is 4.68. The Kier molecular flexibility index (Phi) is 3.73. The molecule has 0 saturated heterocycles. The first-order valence-electron chi connectivity index (χ1n) is 7.67. The normalized spacial score (nSPS) is 21.5. The van der Waals surface area contributed by atoms with Gasteiger partial charge >= 0.3 is 0 Å². The van der Waals surface area contributed by atoms with E-state index in [1.807, 2.05) is 6.07 Å². The van der Waals surface area contributed by atoms with E-state index < -0.39 is 0 Å². The molecule has 0 aliphatic heterocycles. The molecule has 1 atom stereocenters. The van der Waals surface area contributed by atoms with Crippen molar-refractivity contribution >= 4 is 0 Å². The number of fused-ring (bicyclic) bond motifs is 1. The third-order valence-corrected chi connectivity index (χ3v) is 4.68. The summed E-state index contributed by atoms with van der Waals surface area (Å²) in [5, 5.41) is 0. The van der Waals surface area contributed by atoms with Crippen molar-refractivity contribution in [3.05, 3.63) is 64.7 Å². The van der Waals surface area contributed by atoms with E-state index >= 15 is 0 Å². The summed E-state index contributed by atoms with van der Waals surface area (Å²) in [6.07, 6.45) is 4.50. The Labute approximate surface area is 126 Å². The molecule has 1 aliphatic rings. The van der Waals surface area contributed by atoms with Crippen molar-refractivity contribution in [3.8, 4) is 5.75 Å². The van der Waals surface area contributed by atoms with Gasteiger partial charge in [-0.2, -0.15) is 0 Å². The van der Waals surface area contributed by atoms with Gasteiger partial charge in [0.05, 0.1) is 12.6 Å². The van der Waals surface area contributed by atoms with Gasteiger partial charge in [0.25, 0.3) is 0 Å². The fraction of sp³-hybridized carbons (Fsp3) is 0.368. The zero-order chi connectivity index (χ0) is 14.9. The molecule has 0 aromatic heterocycles. The molecule has 2 nitrogen and oxygen atoms in total. The maximum absolute atomic E-state index is 6.94. The standard InChI is InChI=1S/C19H23NO/c1-14-13-16(21-2)10-11-17(14)19(20)12-6-5-8-15-7-3-4-9-18(15)19/h3-4,7,9-11,13H,5-6,8,12,20H2,1-2H3. The largest absolute Gasteiger partial charge is 0.497 e. The highest BCUT2D eigenvalue weighted by atomic mass is 16.5. The summed E-state index contributed by atoms with van der Waals surface area (Å²) >= 11 is 0. The van der Waals surface area contributed by atoms with Crippen molar-refractivity contribution < 1.29 is 4.74 Å². The van der Waals surface area contributed by atoms with Crippen LogP contribution in [0.5, 0.6) is 5.75 Å². The van der Waals surface area contributed by atoms with Gasteiger partial charge in [-0.1, -0.05) is 36.8 Å². The molecule has 2 aromatic rings. The molecule has 0 saturated carbocycles. The lowest BCUT2D eigenvalue weighted by Crippen LogP contribution is -2.38. The molecule has 21 heavy (non-hydrogen) atoms. The summed E-state index contributed by atoms with van der Waals surface area (Å²) in [4.78, 5) is 0. The molecule has 2 N–H and O–H groups in total. The van der Waals surface area contributed by atoms with Crippen LogP contribution in [0.1, 0.15) is 41.5 Å². The van der Waals surface area contributed by atoms with Crippen LogP contribution in [-0.4, -0.2) is 7.11 Å². The van der Waals surface area contributed by atoms with E-state index in [-0.39, 0.29) is 5.54 Å². The van der Waals surface area contributed by atoms with Gasteiger partial charge in [-0.15, -0.1) is 0 Å². The molecule has 0 bridgehead atoms. The number of benzene rings is 2.